The van der Waals surface area contributed by atoms with Crippen LogP contribution in [0.3, 0.4) is 0 Å². The summed E-state index contributed by atoms with van der Waals surface area (Å²) >= 11 is 0. The average molecular weight is 167 g/mol. The van der Waals surface area contributed by atoms with E-state index in [1.807, 2.05) is 0 Å². The number of benzene rings is 1. The van der Waals surface area contributed by atoms with Crippen molar-refractivity contribution in [3.05, 3.63) is 29.8 Å². The molecule has 2 atom stereocenters. The number of fused-ring (bicyclic) bond motifs is 1. The van der Waals surface area contributed by atoms with Crippen molar-refractivity contribution < 1.29 is 14.9 Å². The summed E-state index contributed by atoms with van der Waals surface area (Å²) in [7, 11) is 0. The molecule has 1 aromatic rings. The van der Waals surface area contributed by atoms with Crippen LogP contribution in [0, 0.1) is 0 Å². The van der Waals surface area contributed by atoms with Crippen LogP contribution in [0.2, 0.25) is 0 Å². The molecular formula is C8H9NO3. The highest BCUT2D eigenvalue weighted by Crippen LogP contribution is 2.27. The zero-order valence-corrected chi connectivity index (χ0v) is 6.27. The number of aliphatic hydroxyl groups excluding tert-OH is 2. The number of hydrogen-bond acceptors (Lipinski definition) is 4. The Morgan fingerprint density at radius 3 is 2.83 bits per heavy atom. The van der Waals surface area contributed by atoms with E-state index in [1.54, 1.807) is 24.3 Å². The lowest BCUT2D eigenvalue weighted by Crippen LogP contribution is -2.41. The van der Waals surface area contributed by atoms with Crippen molar-refractivity contribution in [2.45, 2.75) is 12.6 Å². The highest BCUT2D eigenvalue weighted by Gasteiger charge is 2.23. The van der Waals surface area contributed by atoms with Gasteiger partial charge in [-0.25, -0.2) is 5.32 Å². The molecule has 2 rings (SSSR count). The van der Waals surface area contributed by atoms with Crippen LogP contribution in [0.4, 0.5) is 0 Å². The van der Waals surface area contributed by atoms with E-state index in [2.05, 4.69) is 5.32 Å². The van der Waals surface area contributed by atoms with E-state index in [0.29, 0.717) is 11.3 Å². The maximum absolute atomic E-state index is 9.38. The first-order chi connectivity index (χ1) is 5.77. The highest BCUT2D eigenvalue weighted by atomic mass is 16.6. The van der Waals surface area contributed by atoms with Gasteiger partial charge in [0.15, 0.2) is 0 Å². The second-order valence-corrected chi connectivity index (χ2v) is 2.58. The van der Waals surface area contributed by atoms with Crippen LogP contribution in [-0.4, -0.2) is 16.6 Å². The fourth-order valence-electron chi connectivity index (χ4n) is 1.19. The van der Waals surface area contributed by atoms with Crippen molar-refractivity contribution in [3.8, 4) is 5.75 Å². The first-order valence-electron chi connectivity index (χ1n) is 3.65. The topological polar surface area (TPSA) is 61.7 Å². The Kier molecular flexibility index (Phi) is 1.73. The van der Waals surface area contributed by atoms with Gasteiger partial charge >= 0.3 is 0 Å². The average Bonchev–Trinajstić information content (AvgIpc) is 2.04. The number of nitrogens with one attached hydrogen (secondary N) is 1. The lowest BCUT2D eigenvalue weighted by molar-refractivity contribution is -0.0977. The van der Waals surface area contributed by atoms with Crippen molar-refractivity contribution in [1.82, 2.24) is 5.32 Å². The van der Waals surface area contributed by atoms with Crippen LogP contribution in [-0.2, 0) is 0 Å². The predicted molar refractivity (Wildman–Crippen MR) is 41.2 cm³/mol. The lowest BCUT2D eigenvalue weighted by Gasteiger charge is -2.27. The maximum atomic E-state index is 9.38. The summed E-state index contributed by atoms with van der Waals surface area (Å²) in [5.41, 5.74) is 0.641. The smallest absolute Gasteiger partial charge is 0.259 e. The summed E-state index contributed by atoms with van der Waals surface area (Å²) in [6, 6.07) is 7.01. The van der Waals surface area contributed by atoms with E-state index in [-0.39, 0.29) is 0 Å². The van der Waals surface area contributed by atoms with Gasteiger partial charge in [-0.15, -0.1) is 0 Å². The zero-order valence-electron chi connectivity index (χ0n) is 6.27. The molecule has 1 heterocycles. The van der Waals surface area contributed by atoms with Gasteiger partial charge in [0.2, 0.25) is 0 Å². The van der Waals surface area contributed by atoms with Gasteiger partial charge in [0, 0.05) is 5.56 Å². The zero-order chi connectivity index (χ0) is 8.55. The molecule has 64 valence electrons. The van der Waals surface area contributed by atoms with E-state index >= 15 is 0 Å². The summed E-state index contributed by atoms with van der Waals surface area (Å²) in [5, 5.41) is 20.8. The Morgan fingerprint density at radius 2 is 2.00 bits per heavy atom. The fraction of sp³-hybridized carbons (Fsp3) is 0.250. The molecule has 12 heavy (non-hydrogen) atoms. The SMILES string of the molecule is OC1NC(O)c2ccccc2O1. The predicted octanol–water partition coefficient (Wildman–Crippen LogP) is -0.0646. The summed E-state index contributed by atoms with van der Waals surface area (Å²) < 4.78 is 4.99. The Balaban J connectivity index is 2.40. The molecule has 4 heteroatoms. The Hall–Kier alpha value is -1.10. The minimum atomic E-state index is -1.13. The van der Waals surface area contributed by atoms with E-state index in [9.17, 15) is 5.11 Å². The monoisotopic (exact) mass is 167 g/mol. The first kappa shape index (κ1) is 7.54. The van der Waals surface area contributed by atoms with E-state index < -0.39 is 12.6 Å². The standard InChI is InChI=1S/C8H9NO3/c10-7-5-3-1-2-4-6(5)12-8(11)9-7/h1-4,7-11H. The molecule has 0 fully saturated rings. The molecule has 0 bridgehead atoms. The van der Waals surface area contributed by atoms with E-state index in [0.717, 1.165) is 0 Å². The molecule has 2 unspecified atom stereocenters. The van der Waals surface area contributed by atoms with Gasteiger partial charge in [-0.2, -0.15) is 0 Å². The number of rotatable bonds is 0. The fourth-order valence-corrected chi connectivity index (χ4v) is 1.19. The van der Waals surface area contributed by atoms with E-state index in [1.165, 1.54) is 0 Å². The third-order valence-corrected chi connectivity index (χ3v) is 1.75. The number of aliphatic hydroxyl groups is 2. The third kappa shape index (κ3) is 1.16. The second-order valence-electron chi connectivity index (χ2n) is 2.58. The van der Waals surface area contributed by atoms with Crippen LogP contribution in [0.5, 0.6) is 5.75 Å². The molecule has 0 aromatic heterocycles. The molecule has 1 aromatic carbocycles. The largest absolute Gasteiger partial charge is 0.451 e. The molecule has 0 spiro atoms. The van der Waals surface area contributed by atoms with Gasteiger partial charge in [0.05, 0.1) is 0 Å². The summed E-state index contributed by atoms with van der Waals surface area (Å²) in [6.07, 6.45) is -1.99. The van der Waals surface area contributed by atoms with Crippen molar-refractivity contribution in [2.75, 3.05) is 0 Å². The molecule has 0 saturated carbocycles. The first-order valence-corrected chi connectivity index (χ1v) is 3.65. The third-order valence-electron chi connectivity index (χ3n) is 1.75. The molecule has 1 aliphatic heterocycles. The minimum absolute atomic E-state index is 0.510. The van der Waals surface area contributed by atoms with Gasteiger partial charge in [-0.1, -0.05) is 18.2 Å². The van der Waals surface area contributed by atoms with Crippen LogP contribution in [0.25, 0.3) is 0 Å². The summed E-state index contributed by atoms with van der Waals surface area (Å²) in [4.78, 5) is 0. The van der Waals surface area contributed by atoms with Gasteiger partial charge < -0.3 is 14.9 Å². The van der Waals surface area contributed by atoms with Gasteiger partial charge in [-0.05, 0) is 6.07 Å². The molecule has 0 amide bonds. The highest BCUT2D eigenvalue weighted by molar-refractivity contribution is 5.35. The number of para-hydroxylation sites is 1. The normalized spacial score (nSPS) is 27.5. The molecule has 0 saturated heterocycles. The minimum Gasteiger partial charge on any atom is -0.451 e. The Morgan fingerprint density at radius 1 is 1.25 bits per heavy atom. The van der Waals surface area contributed by atoms with Crippen molar-refractivity contribution in [3.63, 3.8) is 0 Å². The van der Waals surface area contributed by atoms with Crippen LogP contribution in [0.15, 0.2) is 24.3 Å². The molecule has 0 radical (unpaired) electrons. The summed E-state index contributed by atoms with van der Waals surface area (Å²) in [6.45, 7) is 0. The van der Waals surface area contributed by atoms with Gasteiger partial charge in [-0.3, -0.25) is 0 Å². The molecule has 4 nitrogen and oxygen atoms in total. The number of hydrogen-bond donors (Lipinski definition) is 3. The lowest BCUT2D eigenvalue weighted by atomic mass is 10.1. The van der Waals surface area contributed by atoms with E-state index in [4.69, 9.17) is 9.84 Å². The van der Waals surface area contributed by atoms with Crippen molar-refractivity contribution in [1.29, 1.82) is 0 Å². The van der Waals surface area contributed by atoms with Crippen molar-refractivity contribution in [2.24, 2.45) is 0 Å². The second kappa shape index (κ2) is 2.75. The van der Waals surface area contributed by atoms with Crippen LogP contribution >= 0.6 is 0 Å². The maximum Gasteiger partial charge on any atom is 0.259 e. The van der Waals surface area contributed by atoms with Crippen LogP contribution in [0.1, 0.15) is 11.8 Å². The Labute approximate surface area is 69.4 Å². The molecule has 0 aliphatic carbocycles. The van der Waals surface area contributed by atoms with Crippen LogP contribution < -0.4 is 10.1 Å². The quantitative estimate of drug-likeness (QED) is 0.506. The molecule has 1 aliphatic rings. The van der Waals surface area contributed by atoms with Gasteiger partial charge in [0.1, 0.15) is 12.0 Å². The number of ether oxygens (including phenoxy) is 1. The van der Waals surface area contributed by atoms with Gasteiger partial charge in [0.25, 0.3) is 6.41 Å². The molecular weight excluding hydrogens is 158 g/mol. The summed E-state index contributed by atoms with van der Waals surface area (Å²) in [5.74, 6) is 0.510. The van der Waals surface area contributed by atoms with Crippen molar-refractivity contribution >= 4 is 0 Å². The molecule has 3 N–H and O–H groups in total. The Bertz CT molecular complexity index is 289.